The van der Waals surface area contributed by atoms with E-state index < -0.39 is 18.0 Å². The van der Waals surface area contributed by atoms with Gasteiger partial charge in [-0.1, -0.05) is 0 Å². The number of nitrogens with one attached hydrogen (secondary N) is 1. The summed E-state index contributed by atoms with van der Waals surface area (Å²) in [6.45, 7) is 2.81. The zero-order valence-electron chi connectivity index (χ0n) is 6.30. The van der Waals surface area contributed by atoms with Crippen molar-refractivity contribution in [2.45, 2.75) is 19.9 Å². The Balaban J connectivity index is 3.73. The van der Waals surface area contributed by atoms with Crippen LogP contribution in [0.3, 0.4) is 0 Å². The van der Waals surface area contributed by atoms with Crippen LogP contribution in [-0.2, 0) is 14.3 Å². The normalized spacial score (nSPS) is 12.3. The fraction of sp³-hybridized carbons (Fsp3) is 0.667. The molecule has 0 radical (unpaired) electrons. The van der Waals surface area contributed by atoms with E-state index in [0.717, 1.165) is 0 Å². The van der Waals surface area contributed by atoms with Gasteiger partial charge in [0.15, 0.2) is 0 Å². The van der Waals surface area contributed by atoms with Gasteiger partial charge in [0.2, 0.25) is 0 Å². The van der Waals surface area contributed by atoms with Crippen LogP contribution in [0, 0.1) is 0 Å². The Hall–Kier alpha value is -0.900. The molecule has 0 unspecified atom stereocenters. The van der Waals surface area contributed by atoms with Crippen LogP contribution in [0.1, 0.15) is 13.8 Å². The van der Waals surface area contributed by atoms with Crippen LogP contribution >= 0.6 is 0 Å². The summed E-state index contributed by atoms with van der Waals surface area (Å²) < 4.78 is 4.26. The molecule has 58 valence electrons. The van der Waals surface area contributed by atoms with E-state index in [9.17, 15) is 9.59 Å². The van der Waals surface area contributed by atoms with Crippen LogP contribution in [0.15, 0.2) is 0 Å². The summed E-state index contributed by atoms with van der Waals surface area (Å²) in [5.41, 5.74) is 0. The summed E-state index contributed by atoms with van der Waals surface area (Å²) in [4.78, 5) is 20.9. The summed E-state index contributed by atoms with van der Waals surface area (Å²) in [5, 5.41) is 2.64. The number of carbonyl (C=O) groups excluding carboxylic acids is 2. The summed E-state index contributed by atoms with van der Waals surface area (Å²) in [6, 6.07) is -0.427. The smallest absolute Gasteiger partial charge is 0.330 e. The van der Waals surface area contributed by atoms with E-state index in [1.165, 1.54) is 6.92 Å². The Morgan fingerprint density at radius 3 is 2.30 bits per heavy atom. The van der Waals surface area contributed by atoms with Gasteiger partial charge in [0.05, 0.1) is 0 Å². The summed E-state index contributed by atoms with van der Waals surface area (Å²) in [7, 11) is 1.62. The first-order chi connectivity index (χ1) is 4.57. The minimum absolute atomic E-state index is 0.427. The molecule has 4 heteroatoms. The van der Waals surface area contributed by atoms with Crippen LogP contribution in [0.5, 0.6) is 0 Å². The van der Waals surface area contributed by atoms with Crippen molar-refractivity contribution >= 4 is 11.9 Å². The molecule has 0 heterocycles. The van der Waals surface area contributed by atoms with E-state index in [1.807, 2.05) is 0 Å². The van der Waals surface area contributed by atoms with Gasteiger partial charge in [0, 0.05) is 6.92 Å². The highest BCUT2D eigenvalue weighted by atomic mass is 16.6. The molecule has 0 aliphatic rings. The number of esters is 2. The topological polar surface area (TPSA) is 55.4 Å². The van der Waals surface area contributed by atoms with Crippen molar-refractivity contribution in [2.24, 2.45) is 0 Å². The predicted molar refractivity (Wildman–Crippen MR) is 35.3 cm³/mol. The van der Waals surface area contributed by atoms with E-state index in [1.54, 1.807) is 14.0 Å². The van der Waals surface area contributed by atoms with Gasteiger partial charge in [-0.3, -0.25) is 4.79 Å². The van der Waals surface area contributed by atoms with E-state index >= 15 is 0 Å². The minimum atomic E-state index is -0.577. The van der Waals surface area contributed by atoms with E-state index in [0.29, 0.717) is 0 Å². The first kappa shape index (κ1) is 9.10. The summed E-state index contributed by atoms with van der Waals surface area (Å²) in [6.07, 6.45) is 0. The molecule has 0 aliphatic carbocycles. The zero-order chi connectivity index (χ0) is 8.15. The largest absolute Gasteiger partial charge is 0.392 e. The molecule has 0 saturated heterocycles. The number of rotatable bonds is 2. The fourth-order valence-electron chi connectivity index (χ4n) is 0.348. The van der Waals surface area contributed by atoms with Crippen molar-refractivity contribution in [3.05, 3.63) is 0 Å². The fourth-order valence-corrected chi connectivity index (χ4v) is 0.348. The van der Waals surface area contributed by atoms with Crippen molar-refractivity contribution < 1.29 is 14.3 Å². The minimum Gasteiger partial charge on any atom is -0.392 e. The van der Waals surface area contributed by atoms with Crippen LogP contribution in [-0.4, -0.2) is 25.0 Å². The number of hydrogen-bond acceptors (Lipinski definition) is 4. The third kappa shape index (κ3) is 3.19. The monoisotopic (exact) mass is 145 g/mol. The van der Waals surface area contributed by atoms with Gasteiger partial charge in [0.25, 0.3) is 0 Å². The lowest BCUT2D eigenvalue weighted by atomic mass is 10.3. The van der Waals surface area contributed by atoms with Gasteiger partial charge < -0.3 is 10.1 Å². The van der Waals surface area contributed by atoms with Gasteiger partial charge >= 0.3 is 11.9 Å². The molecule has 0 aromatic heterocycles. The van der Waals surface area contributed by atoms with E-state index in [4.69, 9.17) is 0 Å². The van der Waals surface area contributed by atoms with E-state index in [-0.39, 0.29) is 0 Å². The molecule has 0 bridgehead atoms. The molecule has 1 atom stereocenters. The number of likely N-dealkylation sites (N-methyl/N-ethyl adjacent to an activating group) is 1. The van der Waals surface area contributed by atoms with Crippen molar-refractivity contribution in [3.63, 3.8) is 0 Å². The quantitative estimate of drug-likeness (QED) is 0.427. The third-order valence-corrected chi connectivity index (χ3v) is 1.03. The number of ether oxygens (including phenoxy) is 1. The van der Waals surface area contributed by atoms with Gasteiger partial charge in [-0.15, -0.1) is 0 Å². The van der Waals surface area contributed by atoms with Crippen LogP contribution in [0.4, 0.5) is 0 Å². The lowest BCUT2D eigenvalue weighted by Gasteiger charge is -2.06. The Morgan fingerprint density at radius 2 is 2.00 bits per heavy atom. The van der Waals surface area contributed by atoms with Crippen LogP contribution in [0.25, 0.3) is 0 Å². The Kier molecular flexibility index (Phi) is 3.64. The van der Waals surface area contributed by atoms with Crippen molar-refractivity contribution in [2.75, 3.05) is 7.05 Å². The molecular weight excluding hydrogens is 134 g/mol. The van der Waals surface area contributed by atoms with Crippen molar-refractivity contribution in [3.8, 4) is 0 Å². The standard InChI is InChI=1S/C6H11NO3/c1-4(7-3)6(9)10-5(2)8/h4,7H,1-3H3/t4-/m0/s1. The first-order valence-electron chi connectivity index (χ1n) is 2.97. The van der Waals surface area contributed by atoms with Crippen molar-refractivity contribution in [1.29, 1.82) is 0 Å². The maximum absolute atomic E-state index is 10.7. The molecule has 0 fully saturated rings. The van der Waals surface area contributed by atoms with Crippen LogP contribution < -0.4 is 5.32 Å². The molecule has 0 aromatic carbocycles. The van der Waals surface area contributed by atoms with Crippen LogP contribution in [0.2, 0.25) is 0 Å². The zero-order valence-corrected chi connectivity index (χ0v) is 6.30. The maximum Gasteiger partial charge on any atom is 0.330 e. The number of carbonyl (C=O) groups is 2. The Morgan fingerprint density at radius 1 is 1.50 bits per heavy atom. The second-order valence-electron chi connectivity index (χ2n) is 1.92. The van der Waals surface area contributed by atoms with Gasteiger partial charge in [0.1, 0.15) is 6.04 Å². The SMILES string of the molecule is CN[C@@H](C)C(=O)OC(C)=O. The molecule has 10 heavy (non-hydrogen) atoms. The molecule has 0 rings (SSSR count). The lowest BCUT2D eigenvalue weighted by molar-refractivity contribution is -0.159. The maximum atomic E-state index is 10.7. The van der Waals surface area contributed by atoms with Crippen molar-refractivity contribution in [1.82, 2.24) is 5.32 Å². The second kappa shape index (κ2) is 4.00. The summed E-state index contributed by atoms with van der Waals surface area (Å²) >= 11 is 0. The molecule has 0 saturated carbocycles. The highest BCUT2D eigenvalue weighted by Crippen LogP contribution is 1.86. The highest BCUT2D eigenvalue weighted by Gasteiger charge is 2.12. The molecule has 0 spiro atoms. The predicted octanol–water partition coefficient (Wildman–Crippen LogP) is -0.316. The van der Waals surface area contributed by atoms with Gasteiger partial charge in [-0.05, 0) is 14.0 Å². The molecular formula is C6H11NO3. The third-order valence-electron chi connectivity index (χ3n) is 1.03. The van der Waals surface area contributed by atoms with Gasteiger partial charge in [-0.2, -0.15) is 0 Å². The second-order valence-corrected chi connectivity index (χ2v) is 1.92. The lowest BCUT2D eigenvalue weighted by Crippen LogP contribution is -2.33. The number of hydrogen-bond donors (Lipinski definition) is 1. The molecule has 0 amide bonds. The highest BCUT2D eigenvalue weighted by molar-refractivity contribution is 5.87. The van der Waals surface area contributed by atoms with E-state index in [2.05, 4.69) is 10.1 Å². The molecule has 0 aromatic rings. The average molecular weight is 145 g/mol. The molecule has 0 aliphatic heterocycles. The average Bonchev–Trinajstić information content (AvgIpc) is 1.85. The first-order valence-corrected chi connectivity index (χ1v) is 2.97. The molecule has 1 N–H and O–H groups in total. The Labute approximate surface area is 59.6 Å². The molecule has 4 nitrogen and oxygen atoms in total. The summed E-state index contributed by atoms with van der Waals surface area (Å²) in [5.74, 6) is -1.12. The Bertz CT molecular complexity index is 144. The van der Waals surface area contributed by atoms with Gasteiger partial charge in [-0.25, -0.2) is 4.79 Å².